The zero-order valence-corrected chi connectivity index (χ0v) is 21.1. The van der Waals surface area contributed by atoms with Gasteiger partial charge in [-0.3, -0.25) is 14.5 Å². The number of aliphatic hydroxyl groups is 1. The number of ketones is 1. The van der Waals surface area contributed by atoms with Gasteiger partial charge in [-0.1, -0.05) is 40.2 Å². The molecule has 0 bridgehead atoms. The van der Waals surface area contributed by atoms with Crippen LogP contribution in [0.15, 0.2) is 83.0 Å². The van der Waals surface area contributed by atoms with Crippen molar-refractivity contribution < 1.29 is 14.7 Å². The third kappa shape index (κ3) is 3.82. The Morgan fingerprint density at radius 2 is 1.74 bits per heavy atom. The summed E-state index contributed by atoms with van der Waals surface area (Å²) < 4.78 is 0.892. The summed E-state index contributed by atoms with van der Waals surface area (Å²) in [6.07, 6.45) is 1.81. The van der Waals surface area contributed by atoms with Gasteiger partial charge in [0.2, 0.25) is 0 Å². The van der Waals surface area contributed by atoms with Gasteiger partial charge in [0.1, 0.15) is 5.76 Å². The predicted octanol–water partition coefficient (Wildman–Crippen LogP) is 5.93. The topological polar surface area (TPSA) is 76.6 Å². The maximum Gasteiger partial charge on any atom is 0.300 e. The number of hydrogen-bond donors (Lipinski definition) is 2. The molecule has 6 nitrogen and oxygen atoms in total. The number of Topliss-reactive ketones (excluding diaryl/α,β-unsaturated/α-hetero) is 1. The Bertz CT molecular complexity index is 1500. The molecule has 35 heavy (non-hydrogen) atoms. The zero-order chi connectivity index (χ0) is 24.9. The van der Waals surface area contributed by atoms with Gasteiger partial charge in [0.25, 0.3) is 11.7 Å². The van der Waals surface area contributed by atoms with E-state index in [9.17, 15) is 14.7 Å². The monoisotopic (exact) mass is 529 g/mol. The number of halogens is 1. The first-order valence-corrected chi connectivity index (χ1v) is 12.0. The van der Waals surface area contributed by atoms with E-state index in [2.05, 4.69) is 20.9 Å². The maximum atomic E-state index is 13.4. The van der Waals surface area contributed by atoms with Crippen molar-refractivity contribution in [2.45, 2.75) is 13.0 Å². The maximum absolute atomic E-state index is 13.4. The molecule has 1 aromatic heterocycles. The van der Waals surface area contributed by atoms with E-state index in [-0.39, 0.29) is 11.3 Å². The number of carbonyl (C=O) groups excluding carboxylic acids is 2. The van der Waals surface area contributed by atoms with Crippen LogP contribution in [0.25, 0.3) is 16.7 Å². The van der Waals surface area contributed by atoms with Gasteiger partial charge in [-0.2, -0.15) is 0 Å². The first-order valence-electron chi connectivity index (χ1n) is 11.2. The quantitative estimate of drug-likeness (QED) is 0.195. The molecule has 1 atom stereocenters. The number of H-pyrrole nitrogens is 1. The van der Waals surface area contributed by atoms with Gasteiger partial charge in [-0.25, -0.2) is 0 Å². The molecule has 0 spiro atoms. The van der Waals surface area contributed by atoms with Crippen LogP contribution in [0.3, 0.4) is 0 Å². The average Bonchev–Trinajstić information content (AvgIpc) is 3.39. The molecular formula is C28H24BrN3O3. The van der Waals surface area contributed by atoms with E-state index in [0.29, 0.717) is 11.3 Å². The Morgan fingerprint density at radius 1 is 1.03 bits per heavy atom. The lowest BCUT2D eigenvalue weighted by atomic mass is 9.94. The number of para-hydroxylation sites is 1. The van der Waals surface area contributed by atoms with E-state index in [1.807, 2.05) is 86.7 Å². The SMILES string of the molecule is Cc1cc(/C(O)=C2\C(=O)C(=O)N(c3ccc(N(C)C)cc3)C2c2c[nH]c3ccccc23)ccc1Br. The second kappa shape index (κ2) is 8.74. The van der Waals surface area contributed by atoms with E-state index in [1.165, 1.54) is 4.90 Å². The molecule has 3 aromatic carbocycles. The number of anilines is 2. The Balaban J connectivity index is 1.75. The number of benzene rings is 3. The summed E-state index contributed by atoms with van der Waals surface area (Å²) in [5.41, 5.74) is 4.64. The van der Waals surface area contributed by atoms with Crippen LogP contribution in [0.4, 0.5) is 11.4 Å². The first kappa shape index (κ1) is 22.9. The molecule has 0 radical (unpaired) electrons. The Kier molecular flexibility index (Phi) is 5.73. The highest BCUT2D eigenvalue weighted by Gasteiger charge is 2.47. The number of aliphatic hydroxyl groups excluding tert-OH is 1. The summed E-state index contributed by atoms with van der Waals surface area (Å²) in [5.74, 6) is -1.58. The lowest BCUT2D eigenvalue weighted by molar-refractivity contribution is -0.132. The summed E-state index contributed by atoms with van der Waals surface area (Å²) in [7, 11) is 3.88. The average molecular weight is 530 g/mol. The number of carbonyl (C=O) groups is 2. The van der Waals surface area contributed by atoms with Crippen LogP contribution in [-0.4, -0.2) is 35.9 Å². The Hall–Kier alpha value is -3.84. The van der Waals surface area contributed by atoms with Crippen LogP contribution in [-0.2, 0) is 9.59 Å². The third-order valence-electron chi connectivity index (χ3n) is 6.44. The van der Waals surface area contributed by atoms with E-state index in [4.69, 9.17) is 0 Å². The lowest BCUT2D eigenvalue weighted by Gasteiger charge is -2.25. The molecule has 1 aliphatic heterocycles. The van der Waals surface area contributed by atoms with Crippen molar-refractivity contribution in [1.29, 1.82) is 0 Å². The lowest BCUT2D eigenvalue weighted by Crippen LogP contribution is -2.29. The largest absolute Gasteiger partial charge is 0.507 e. The number of rotatable bonds is 4. The molecule has 1 amide bonds. The second-order valence-corrected chi connectivity index (χ2v) is 9.69. The fraction of sp³-hybridized carbons (Fsp3) is 0.143. The van der Waals surface area contributed by atoms with Crippen molar-refractivity contribution in [3.8, 4) is 0 Å². The number of hydrogen-bond acceptors (Lipinski definition) is 4. The first-order chi connectivity index (χ1) is 16.8. The van der Waals surface area contributed by atoms with Crippen molar-refractivity contribution >= 4 is 55.7 Å². The molecule has 0 saturated carbocycles. The number of fused-ring (bicyclic) bond motifs is 1. The molecule has 0 aliphatic carbocycles. The summed E-state index contributed by atoms with van der Waals surface area (Å²) in [5, 5.41) is 12.3. The highest BCUT2D eigenvalue weighted by molar-refractivity contribution is 9.10. The molecule has 1 fully saturated rings. The molecule has 2 heterocycles. The number of amides is 1. The standard InChI is InChI=1S/C28H24BrN3O3/c1-16-14-17(8-13-22(16)29)26(33)24-25(21-15-30-23-7-5-4-6-20(21)23)32(28(35)27(24)34)19-11-9-18(10-12-19)31(2)3/h4-15,25,30,33H,1-3H3/b26-24+. The molecule has 7 heteroatoms. The van der Waals surface area contributed by atoms with Gasteiger partial charge in [0.05, 0.1) is 11.6 Å². The Morgan fingerprint density at radius 3 is 2.43 bits per heavy atom. The van der Waals surface area contributed by atoms with Crippen molar-refractivity contribution in [2.24, 2.45) is 0 Å². The number of aromatic amines is 1. The zero-order valence-electron chi connectivity index (χ0n) is 19.5. The summed E-state index contributed by atoms with van der Waals surface area (Å²) in [4.78, 5) is 33.6. The van der Waals surface area contributed by atoms with Crippen LogP contribution < -0.4 is 9.80 Å². The highest BCUT2D eigenvalue weighted by atomic mass is 79.9. The fourth-order valence-corrected chi connectivity index (χ4v) is 4.82. The molecule has 1 saturated heterocycles. The molecule has 4 aromatic rings. The number of aryl methyl sites for hydroxylation is 1. The summed E-state index contributed by atoms with van der Waals surface area (Å²) in [6.45, 7) is 1.91. The Labute approximate surface area is 211 Å². The smallest absolute Gasteiger partial charge is 0.300 e. The molecular weight excluding hydrogens is 506 g/mol. The number of aromatic nitrogens is 1. The van der Waals surface area contributed by atoms with Crippen molar-refractivity contribution in [3.63, 3.8) is 0 Å². The van der Waals surface area contributed by atoms with Gasteiger partial charge in [0, 0.05) is 58.2 Å². The van der Waals surface area contributed by atoms with Crippen LogP contribution in [0.2, 0.25) is 0 Å². The van der Waals surface area contributed by atoms with Crippen LogP contribution in [0, 0.1) is 6.92 Å². The minimum Gasteiger partial charge on any atom is -0.507 e. The van der Waals surface area contributed by atoms with Crippen LogP contribution >= 0.6 is 15.9 Å². The van der Waals surface area contributed by atoms with E-state index >= 15 is 0 Å². The minimum absolute atomic E-state index is 0.0677. The molecule has 5 rings (SSSR count). The highest BCUT2D eigenvalue weighted by Crippen LogP contribution is 2.44. The number of nitrogens with one attached hydrogen (secondary N) is 1. The van der Waals surface area contributed by atoms with Gasteiger partial charge >= 0.3 is 0 Å². The van der Waals surface area contributed by atoms with Gasteiger partial charge in [0.15, 0.2) is 0 Å². The molecule has 1 unspecified atom stereocenters. The van der Waals surface area contributed by atoms with Gasteiger partial charge in [-0.05, 0) is 55.0 Å². The summed E-state index contributed by atoms with van der Waals surface area (Å²) in [6, 6.07) is 19.7. The van der Waals surface area contributed by atoms with Crippen LogP contribution in [0.1, 0.15) is 22.7 Å². The van der Waals surface area contributed by atoms with E-state index in [1.54, 1.807) is 12.1 Å². The predicted molar refractivity (Wildman–Crippen MR) is 143 cm³/mol. The van der Waals surface area contributed by atoms with Crippen molar-refractivity contribution in [2.75, 3.05) is 23.9 Å². The normalized spacial score (nSPS) is 17.4. The molecule has 1 aliphatic rings. The van der Waals surface area contributed by atoms with Gasteiger partial charge < -0.3 is 15.0 Å². The van der Waals surface area contributed by atoms with Crippen molar-refractivity contribution in [3.05, 3.63) is 99.7 Å². The molecule has 176 valence electrons. The molecule has 2 N–H and O–H groups in total. The third-order valence-corrected chi connectivity index (χ3v) is 7.33. The number of nitrogens with zero attached hydrogens (tertiary/aromatic N) is 2. The van der Waals surface area contributed by atoms with E-state index < -0.39 is 17.7 Å². The van der Waals surface area contributed by atoms with Crippen molar-refractivity contribution in [1.82, 2.24) is 4.98 Å². The second-order valence-electron chi connectivity index (χ2n) is 8.83. The summed E-state index contributed by atoms with van der Waals surface area (Å²) >= 11 is 3.48. The van der Waals surface area contributed by atoms with Gasteiger partial charge in [-0.15, -0.1) is 0 Å². The minimum atomic E-state index is -0.791. The van der Waals surface area contributed by atoms with Crippen LogP contribution in [0.5, 0.6) is 0 Å². The fourth-order valence-electron chi connectivity index (χ4n) is 4.57. The van der Waals surface area contributed by atoms with E-state index in [0.717, 1.165) is 32.2 Å².